The first kappa shape index (κ1) is 14.9. The van der Waals surface area contributed by atoms with Crippen molar-refractivity contribution in [3.05, 3.63) is 33.6 Å². The smallest absolute Gasteiger partial charge is 0.160 e. The van der Waals surface area contributed by atoms with Crippen molar-refractivity contribution in [3.8, 4) is 0 Å². The number of halogens is 4. The number of benzene rings is 1. The summed E-state index contributed by atoms with van der Waals surface area (Å²) < 4.78 is 13.2. The van der Waals surface area contributed by atoms with Crippen LogP contribution >= 0.6 is 39.1 Å². The van der Waals surface area contributed by atoms with Gasteiger partial charge in [0.25, 0.3) is 0 Å². The Morgan fingerprint density at radius 3 is 2.41 bits per heavy atom. The molecule has 0 bridgehead atoms. The van der Waals surface area contributed by atoms with E-state index >= 15 is 0 Å². The average Bonchev–Trinajstić information content (AvgIpc) is 2.26. The Balaban J connectivity index is 2.78. The van der Waals surface area contributed by atoms with Gasteiger partial charge in [-0.3, -0.25) is 4.79 Å². The van der Waals surface area contributed by atoms with Crippen LogP contribution in [0.3, 0.4) is 0 Å². The number of alkyl halides is 1. The van der Waals surface area contributed by atoms with Gasteiger partial charge in [0.1, 0.15) is 5.78 Å². The molecule has 17 heavy (non-hydrogen) atoms. The van der Waals surface area contributed by atoms with Crippen molar-refractivity contribution in [1.29, 1.82) is 0 Å². The predicted molar refractivity (Wildman–Crippen MR) is 72.8 cm³/mol. The lowest BCUT2D eigenvalue weighted by Gasteiger charge is -2.09. The molecule has 0 aliphatic carbocycles. The van der Waals surface area contributed by atoms with E-state index in [9.17, 15) is 9.18 Å². The fourth-order valence-corrected chi connectivity index (χ4v) is 2.58. The summed E-state index contributed by atoms with van der Waals surface area (Å²) in [7, 11) is 0. The first-order valence-corrected chi connectivity index (χ1v) is 6.93. The Morgan fingerprint density at radius 2 is 1.94 bits per heavy atom. The maximum Gasteiger partial charge on any atom is 0.160 e. The molecule has 0 saturated heterocycles. The largest absolute Gasteiger partial charge is 0.298 e. The van der Waals surface area contributed by atoms with Gasteiger partial charge in [-0.05, 0) is 30.5 Å². The highest BCUT2D eigenvalue weighted by Gasteiger charge is 2.16. The Labute approximate surface area is 118 Å². The Kier molecular flexibility index (Phi) is 5.90. The van der Waals surface area contributed by atoms with E-state index in [1.807, 2.05) is 6.92 Å². The second-order valence-electron chi connectivity index (χ2n) is 3.76. The average molecular weight is 342 g/mol. The minimum Gasteiger partial charge on any atom is -0.298 e. The van der Waals surface area contributed by atoms with Gasteiger partial charge in [-0.15, -0.1) is 0 Å². The lowest BCUT2D eigenvalue weighted by molar-refractivity contribution is -0.118. The highest BCUT2D eigenvalue weighted by molar-refractivity contribution is 9.10. The molecule has 1 rings (SSSR count). The van der Waals surface area contributed by atoms with Gasteiger partial charge in [0, 0.05) is 6.42 Å². The maximum atomic E-state index is 13.2. The van der Waals surface area contributed by atoms with Gasteiger partial charge >= 0.3 is 0 Å². The summed E-state index contributed by atoms with van der Waals surface area (Å²) in [6.45, 7) is 1.95. The molecule has 0 radical (unpaired) electrons. The summed E-state index contributed by atoms with van der Waals surface area (Å²) in [5.41, 5.74) is 0.743. The molecule has 1 atom stereocenters. The first-order valence-electron chi connectivity index (χ1n) is 5.26. The first-order chi connectivity index (χ1) is 7.95. The van der Waals surface area contributed by atoms with Crippen molar-refractivity contribution in [2.75, 3.05) is 0 Å². The summed E-state index contributed by atoms with van der Waals surface area (Å²) in [4.78, 5) is 11.3. The zero-order chi connectivity index (χ0) is 13.0. The Hall–Kier alpha value is -0.120. The SMILES string of the molecule is CCCC(=O)C(Br)Cc1cc(Cl)c(F)c(Cl)c1. The molecular formula is C12H12BrCl2FO. The van der Waals surface area contributed by atoms with Crippen LogP contribution in [0.2, 0.25) is 10.0 Å². The van der Waals surface area contributed by atoms with Crippen LogP contribution in [-0.2, 0) is 11.2 Å². The van der Waals surface area contributed by atoms with Crippen LogP contribution < -0.4 is 0 Å². The summed E-state index contributed by atoms with van der Waals surface area (Å²) in [5, 5.41) is -0.0368. The highest BCUT2D eigenvalue weighted by atomic mass is 79.9. The molecule has 5 heteroatoms. The van der Waals surface area contributed by atoms with Crippen LogP contribution in [0.15, 0.2) is 12.1 Å². The molecule has 0 aliphatic rings. The molecule has 0 fully saturated rings. The molecule has 0 aromatic heterocycles. The predicted octanol–water partition coefficient (Wildman–Crippen LogP) is 4.81. The zero-order valence-electron chi connectivity index (χ0n) is 9.27. The third kappa shape index (κ3) is 4.23. The van der Waals surface area contributed by atoms with Gasteiger partial charge in [-0.1, -0.05) is 46.1 Å². The van der Waals surface area contributed by atoms with Crippen molar-refractivity contribution >= 4 is 44.9 Å². The molecule has 1 unspecified atom stereocenters. The summed E-state index contributed by atoms with van der Waals surface area (Å²) in [6.07, 6.45) is 1.79. The summed E-state index contributed by atoms with van der Waals surface area (Å²) in [5.74, 6) is -0.493. The number of hydrogen-bond donors (Lipinski definition) is 0. The van der Waals surface area contributed by atoms with Crippen LogP contribution in [0.1, 0.15) is 25.3 Å². The van der Waals surface area contributed by atoms with E-state index in [2.05, 4.69) is 15.9 Å². The molecule has 0 N–H and O–H groups in total. The van der Waals surface area contributed by atoms with E-state index in [-0.39, 0.29) is 20.7 Å². The number of Topliss-reactive ketones (excluding diaryl/α,β-unsaturated/α-hetero) is 1. The van der Waals surface area contributed by atoms with Crippen LogP contribution in [0.5, 0.6) is 0 Å². The number of carbonyl (C=O) groups is 1. The van der Waals surface area contributed by atoms with E-state index in [4.69, 9.17) is 23.2 Å². The van der Waals surface area contributed by atoms with Crippen molar-refractivity contribution in [2.45, 2.75) is 31.0 Å². The topological polar surface area (TPSA) is 17.1 Å². The second-order valence-corrected chi connectivity index (χ2v) is 5.68. The molecule has 1 nitrogen and oxygen atoms in total. The lowest BCUT2D eigenvalue weighted by Crippen LogP contribution is -2.16. The fourth-order valence-electron chi connectivity index (χ4n) is 1.45. The van der Waals surface area contributed by atoms with Crippen LogP contribution in [0.4, 0.5) is 4.39 Å². The van der Waals surface area contributed by atoms with E-state index < -0.39 is 5.82 Å². The van der Waals surface area contributed by atoms with Gasteiger partial charge in [-0.2, -0.15) is 0 Å². The van der Waals surface area contributed by atoms with Gasteiger partial charge in [0.2, 0.25) is 0 Å². The van der Waals surface area contributed by atoms with Crippen molar-refractivity contribution < 1.29 is 9.18 Å². The van der Waals surface area contributed by atoms with E-state index in [1.165, 1.54) is 12.1 Å². The Bertz CT molecular complexity index is 400. The van der Waals surface area contributed by atoms with Crippen molar-refractivity contribution in [2.24, 2.45) is 0 Å². The van der Waals surface area contributed by atoms with Crippen LogP contribution in [0.25, 0.3) is 0 Å². The molecule has 1 aromatic carbocycles. The maximum absolute atomic E-state index is 13.2. The minimum atomic E-state index is -0.622. The zero-order valence-corrected chi connectivity index (χ0v) is 12.4. The van der Waals surface area contributed by atoms with E-state index in [0.717, 1.165) is 12.0 Å². The molecule has 0 heterocycles. The quantitative estimate of drug-likeness (QED) is 0.555. The van der Waals surface area contributed by atoms with Gasteiger partial charge in [-0.25, -0.2) is 4.39 Å². The number of rotatable bonds is 5. The molecule has 0 saturated carbocycles. The molecule has 0 amide bonds. The second kappa shape index (κ2) is 6.72. The van der Waals surface area contributed by atoms with Crippen molar-refractivity contribution in [1.82, 2.24) is 0 Å². The molecular weight excluding hydrogens is 330 g/mol. The normalized spacial score (nSPS) is 12.5. The van der Waals surface area contributed by atoms with Crippen LogP contribution in [0, 0.1) is 5.82 Å². The summed E-state index contributed by atoms with van der Waals surface area (Å²) in [6, 6.07) is 2.99. The number of ketones is 1. The highest BCUT2D eigenvalue weighted by Crippen LogP contribution is 2.26. The van der Waals surface area contributed by atoms with E-state index in [1.54, 1.807) is 0 Å². The monoisotopic (exact) mass is 340 g/mol. The fraction of sp³-hybridized carbons (Fsp3) is 0.417. The third-order valence-corrected chi connectivity index (χ3v) is 3.69. The number of carbonyl (C=O) groups excluding carboxylic acids is 1. The Morgan fingerprint density at radius 1 is 1.41 bits per heavy atom. The molecule has 0 aliphatic heterocycles. The van der Waals surface area contributed by atoms with Crippen molar-refractivity contribution in [3.63, 3.8) is 0 Å². The van der Waals surface area contributed by atoms with Gasteiger partial charge in [0.05, 0.1) is 14.9 Å². The van der Waals surface area contributed by atoms with E-state index in [0.29, 0.717) is 12.8 Å². The molecule has 0 spiro atoms. The minimum absolute atomic E-state index is 0.0184. The summed E-state index contributed by atoms with van der Waals surface area (Å²) >= 11 is 14.7. The standard InChI is InChI=1S/C12H12BrCl2FO/c1-2-3-11(17)8(13)4-7-5-9(14)12(16)10(15)6-7/h5-6,8H,2-4H2,1H3. The van der Waals surface area contributed by atoms with Gasteiger partial charge < -0.3 is 0 Å². The molecule has 1 aromatic rings. The molecule has 94 valence electrons. The lowest BCUT2D eigenvalue weighted by atomic mass is 10.1. The number of hydrogen-bond acceptors (Lipinski definition) is 1. The van der Waals surface area contributed by atoms with Crippen LogP contribution in [-0.4, -0.2) is 10.6 Å². The van der Waals surface area contributed by atoms with Gasteiger partial charge in [0.15, 0.2) is 5.82 Å². The third-order valence-electron chi connectivity index (χ3n) is 2.30.